The number of nitrogens with one attached hydrogen (secondary N) is 2. The minimum atomic E-state index is -0.283. The zero-order valence-electron chi connectivity index (χ0n) is 23.1. The van der Waals surface area contributed by atoms with Crippen LogP contribution in [-0.4, -0.2) is 51.5 Å². The first kappa shape index (κ1) is 26.6. The Balaban J connectivity index is 1.52. The minimum Gasteiger partial charge on any atom is -0.352 e. The van der Waals surface area contributed by atoms with E-state index in [-0.39, 0.29) is 23.8 Å². The number of halogens is 1. The van der Waals surface area contributed by atoms with Crippen LogP contribution in [0, 0.1) is 0 Å². The molecule has 8 nitrogen and oxygen atoms in total. The number of amides is 1. The number of para-hydroxylation sites is 2. The normalized spacial score (nSPS) is 18.5. The van der Waals surface area contributed by atoms with E-state index in [0.717, 1.165) is 65.1 Å². The molecular weight excluding hydrogens is 517 g/mol. The number of hydrogen-bond acceptors (Lipinski definition) is 6. The van der Waals surface area contributed by atoms with Gasteiger partial charge in [0.15, 0.2) is 0 Å². The summed E-state index contributed by atoms with van der Waals surface area (Å²) in [6, 6.07) is 15.7. The lowest BCUT2D eigenvalue weighted by molar-refractivity contribution is -0.114. The molecule has 9 heteroatoms. The number of anilines is 3. The lowest BCUT2D eigenvalue weighted by atomic mass is 10.1. The summed E-state index contributed by atoms with van der Waals surface area (Å²) in [5.41, 5.74) is 5.07. The third-order valence-corrected chi connectivity index (χ3v) is 7.41. The lowest BCUT2D eigenvalue weighted by Crippen LogP contribution is -2.33. The molecule has 1 fully saturated rings. The van der Waals surface area contributed by atoms with Gasteiger partial charge in [0.2, 0.25) is 5.91 Å². The Kier molecular flexibility index (Phi) is 7.43. The number of likely N-dealkylation sites (tertiary alicyclic amines) is 1. The second-order valence-electron chi connectivity index (χ2n) is 10.5. The van der Waals surface area contributed by atoms with Crippen molar-refractivity contribution < 1.29 is 9.18 Å². The van der Waals surface area contributed by atoms with Crippen molar-refractivity contribution in [2.75, 3.05) is 30.8 Å². The van der Waals surface area contributed by atoms with Crippen molar-refractivity contribution >= 4 is 34.1 Å². The minimum absolute atomic E-state index is 0.171. The number of fused-ring (bicyclic) bond motifs is 2. The van der Waals surface area contributed by atoms with Crippen LogP contribution in [0.4, 0.5) is 21.6 Å². The fourth-order valence-electron chi connectivity index (χ4n) is 5.34. The molecule has 1 atom stereocenters. The van der Waals surface area contributed by atoms with Crippen LogP contribution in [0.5, 0.6) is 0 Å². The topological polar surface area (TPSA) is 87.4 Å². The molecule has 2 aromatic rings. The van der Waals surface area contributed by atoms with Crippen molar-refractivity contribution in [2.24, 2.45) is 4.99 Å². The highest BCUT2D eigenvalue weighted by molar-refractivity contribution is 5.87. The number of hydrogen-bond donors (Lipinski definition) is 2. The van der Waals surface area contributed by atoms with Gasteiger partial charge in [-0.25, -0.2) is 14.4 Å². The third kappa shape index (κ3) is 5.95. The first-order valence-corrected chi connectivity index (χ1v) is 13.8. The number of allylic oxidation sites excluding steroid dienone is 6. The van der Waals surface area contributed by atoms with Gasteiger partial charge in [0, 0.05) is 6.92 Å². The molecule has 6 rings (SSSR count). The Labute approximate surface area is 238 Å². The Morgan fingerprint density at radius 3 is 2.71 bits per heavy atom. The number of piperidine rings is 1. The Bertz CT molecular complexity index is 1710. The standard InChI is InChI=1S/C32H32FN7O/c1-21(41)35-32-13-11-24(20-34-32)37-27-18-29-31(19-28(27)36-23-14-16-39(2)17-15-23)40(25-7-5-6-22(33)10-12-25)30-9-4-3-8-26(30)38-29/h3-13,18-20,23,25,37H,14-17H2,1-2H3,(H,34,35,41). The number of nitrogens with zero attached hydrogens (tertiary/aromatic N) is 5. The van der Waals surface area contributed by atoms with Crippen molar-refractivity contribution in [1.82, 2.24) is 19.4 Å². The van der Waals surface area contributed by atoms with Gasteiger partial charge in [0.1, 0.15) is 11.6 Å². The summed E-state index contributed by atoms with van der Waals surface area (Å²) in [6.45, 7) is 3.46. The molecule has 2 aliphatic heterocycles. The highest BCUT2D eigenvalue weighted by Gasteiger charge is 2.21. The molecule has 3 heterocycles. The fourth-order valence-corrected chi connectivity index (χ4v) is 5.34. The van der Waals surface area contributed by atoms with E-state index >= 15 is 0 Å². The SMILES string of the molecule is CC(=O)Nc1ccc(Nc2cc3nc4ccccc4n(C4C=CC=C(F)C=C4)c-3cc2=NC2CCN(C)CC2)cn1. The van der Waals surface area contributed by atoms with Gasteiger partial charge < -0.3 is 20.1 Å². The van der Waals surface area contributed by atoms with Crippen molar-refractivity contribution in [3.63, 3.8) is 0 Å². The van der Waals surface area contributed by atoms with Crippen LogP contribution in [0.2, 0.25) is 0 Å². The second kappa shape index (κ2) is 11.5. The van der Waals surface area contributed by atoms with Crippen LogP contribution in [0.1, 0.15) is 25.8 Å². The average molecular weight is 550 g/mol. The van der Waals surface area contributed by atoms with Crippen molar-refractivity contribution in [3.8, 4) is 11.4 Å². The maximum absolute atomic E-state index is 14.1. The van der Waals surface area contributed by atoms with Crippen LogP contribution in [-0.2, 0) is 4.79 Å². The van der Waals surface area contributed by atoms with Crippen LogP contribution in [0.3, 0.4) is 0 Å². The molecule has 1 aromatic heterocycles. The Morgan fingerprint density at radius 2 is 1.93 bits per heavy atom. The largest absolute Gasteiger partial charge is 0.352 e. The molecule has 1 saturated heterocycles. The molecule has 1 unspecified atom stereocenters. The first-order chi connectivity index (χ1) is 19.9. The number of benzene rings is 2. The van der Waals surface area contributed by atoms with Gasteiger partial charge in [-0.2, -0.15) is 0 Å². The van der Waals surface area contributed by atoms with E-state index in [0.29, 0.717) is 5.82 Å². The molecule has 1 aromatic carbocycles. The van der Waals surface area contributed by atoms with E-state index in [1.165, 1.54) is 19.1 Å². The molecule has 0 spiro atoms. The Morgan fingerprint density at radius 1 is 1.10 bits per heavy atom. The second-order valence-corrected chi connectivity index (χ2v) is 10.5. The van der Waals surface area contributed by atoms with E-state index in [1.54, 1.807) is 18.3 Å². The molecule has 1 amide bonds. The summed E-state index contributed by atoms with van der Waals surface area (Å²) >= 11 is 0. The lowest BCUT2D eigenvalue weighted by Gasteiger charge is -2.27. The van der Waals surface area contributed by atoms with Crippen LogP contribution < -0.4 is 16.0 Å². The van der Waals surface area contributed by atoms with Gasteiger partial charge >= 0.3 is 0 Å². The van der Waals surface area contributed by atoms with Crippen molar-refractivity contribution in [2.45, 2.75) is 31.8 Å². The number of rotatable bonds is 5. The van der Waals surface area contributed by atoms with Gasteiger partial charge in [-0.1, -0.05) is 30.4 Å². The summed E-state index contributed by atoms with van der Waals surface area (Å²) in [5, 5.41) is 7.02. The number of carbonyl (C=O) groups is 1. The zero-order chi connectivity index (χ0) is 28.3. The van der Waals surface area contributed by atoms with E-state index in [9.17, 15) is 9.18 Å². The van der Waals surface area contributed by atoms with Crippen LogP contribution in [0.25, 0.3) is 22.4 Å². The molecule has 4 aliphatic rings. The number of aromatic nitrogens is 3. The molecule has 208 valence electrons. The summed E-state index contributed by atoms with van der Waals surface area (Å²) in [4.78, 5) is 28.4. The highest BCUT2D eigenvalue weighted by Crippen LogP contribution is 2.32. The molecule has 2 N–H and O–H groups in total. The quantitative estimate of drug-likeness (QED) is 0.310. The van der Waals surface area contributed by atoms with E-state index in [4.69, 9.17) is 9.98 Å². The molecule has 0 radical (unpaired) electrons. The fraction of sp³-hybridized carbons (Fsp3) is 0.250. The van der Waals surface area contributed by atoms with Crippen LogP contribution in [0.15, 0.2) is 95.9 Å². The smallest absolute Gasteiger partial charge is 0.222 e. The number of pyridine rings is 1. The molecule has 41 heavy (non-hydrogen) atoms. The average Bonchev–Trinajstić information content (AvgIpc) is 3.18. The third-order valence-electron chi connectivity index (χ3n) is 7.41. The maximum Gasteiger partial charge on any atom is 0.222 e. The molecule has 0 bridgehead atoms. The predicted molar refractivity (Wildman–Crippen MR) is 161 cm³/mol. The van der Waals surface area contributed by atoms with Gasteiger partial charge in [-0.15, -0.1) is 0 Å². The molecule has 0 saturated carbocycles. The van der Waals surface area contributed by atoms with Crippen molar-refractivity contribution in [1.29, 1.82) is 0 Å². The highest BCUT2D eigenvalue weighted by atomic mass is 19.1. The van der Waals surface area contributed by atoms with E-state index < -0.39 is 0 Å². The van der Waals surface area contributed by atoms with Crippen LogP contribution >= 0.6 is 0 Å². The summed E-state index contributed by atoms with van der Waals surface area (Å²) in [5.74, 6) is 0.0347. The number of carbonyl (C=O) groups excluding carboxylic acids is 1. The molecule has 2 aliphatic carbocycles. The summed E-state index contributed by atoms with van der Waals surface area (Å²) < 4.78 is 16.3. The summed E-state index contributed by atoms with van der Waals surface area (Å²) in [7, 11) is 2.14. The zero-order valence-corrected chi connectivity index (χ0v) is 23.1. The van der Waals surface area contributed by atoms with Gasteiger partial charge in [0.25, 0.3) is 0 Å². The summed E-state index contributed by atoms with van der Waals surface area (Å²) in [6.07, 6.45) is 12.2. The maximum atomic E-state index is 14.1. The van der Waals surface area contributed by atoms with Gasteiger partial charge in [-0.05, 0) is 81.5 Å². The van der Waals surface area contributed by atoms with E-state index in [2.05, 4.69) is 38.2 Å². The first-order valence-electron chi connectivity index (χ1n) is 13.8. The monoisotopic (exact) mass is 549 g/mol. The van der Waals surface area contributed by atoms with E-state index in [1.807, 2.05) is 48.6 Å². The molecular formula is C32H32FN7O. The van der Waals surface area contributed by atoms with Gasteiger partial charge in [0.05, 0.1) is 57.4 Å². The van der Waals surface area contributed by atoms with Crippen molar-refractivity contribution in [3.05, 3.63) is 96.3 Å². The predicted octanol–water partition coefficient (Wildman–Crippen LogP) is 5.75. The Hall–Kier alpha value is -4.63. The van der Waals surface area contributed by atoms with Gasteiger partial charge in [-0.3, -0.25) is 9.79 Å².